The molecule has 1 aromatic heterocycles. The van der Waals surface area contributed by atoms with Crippen LogP contribution in [0.1, 0.15) is 19.8 Å². The highest BCUT2D eigenvalue weighted by molar-refractivity contribution is 5.84. The van der Waals surface area contributed by atoms with Crippen LogP contribution in [0, 0.1) is 0 Å². The normalized spacial score (nSPS) is 14.1. The van der Waals surface area contributed by atoms with E-state index in [0.717, 1.165) is 42.7 Å². The summed E-state index contributed by atoms with van der Waals surface area (Å²) in [6.07, 6.45) is 3.51. The van der Waals surface area contributed by atoms with Crippen LogP contribution in [0.3, 0.4) is 0 Å². The molecule has 116 valence electrons. The molecule has 0 saturated carbocycles. The van der Waals surface area contributed by atoms with Crippen molar-refractivity contribution in [1.82, 2.24) is 4.98 Å². The number of carbonyl (C=O) groups is 1. The Hall–Kier alpha value is -2.43. The van der Waals surface area contributed by atoms with Crippen LogP contribution in [0.15, 0.2) is 36.5 Å². The molecule has 2 heterocycles. The number of anilines is 1. The third kappa shape index (κ3) is 2.93. The molecule has 0 aliphatic carbocycles. The van der Waals surface area contributed by atoms with Crippen molar-refractivity contribution in [1.29, 1.82) is 0 Å². The van der Waals surface area contributed by atoms with Gasteiger partial charge in [0.2, 0.25) is 5.88 Å². The van der Waals surface area contributed by atoms with E-state index in [4.69, 9.17) is 9.47 Å². The van der Waals surface area contributed by atoms with E-state index in [-0.39, 0.29) is 0 Å². The minimum absolute atomic E-state index is 0.296. The van der Waals surface area contributed by atoms with Crippen molar-refractivity contribution < 1.29 is 14.3 Å². The van der Waals surface area contributed by atoms with Gasteiger partial charge in [0.15, 0.2) is 0 Å². The van der Waals surface area contributed by atoms with Crippen molar-refractivity contribution in [3.63, 3.8) is 0 Å². The lowest BCUT2D eigenvalue weighted by molar-refractivity contribution is 0.103. The predicted molar refractivity (Wildman–Crippen MR) is 85.3 cm³/mol. The molecule has 2 aromatic rings. The third-order valence-electron chi connectivity index (χ3n) is 3.77. The average Bonchev–Trinajstić information content (AvgIpc) is 3.17. The van der Waals surface area contributed by atoms with Gasteiger partial charge in [-0.3, -0.25) is 0 Å². The molecule has 0 bridgehead atoms. The van der Waals surface area contributed by atoms with Gasteiger partial charge >= 0.3 is 6.16 Å². The highest BCUT2D eigenvalue weighted by atomic mass is 16.7. The van der Waals surface area contributed by atoms with Crippen LogP contribution in [0.2, 0.25) is 0 Å². The third-order valence-corrected chi connectivity index (χ3v) is 3.77. The number of nitrogens with zero attached hydrogens (tertiary/aromatic N) is 1. The van der Waals surface area contributed by atoms with E-state index in [2.05, 4.69) is 22.0 Å². The van der Waals surface area contributed by atoms with Crippen LogP contribution in [0.5, 0.6) is 5.88 Å². The second-order valence-corrected chi connectivity index (χ2v) is 5.23. The Kier molecular flexibility index (Phi) is 4.32. The molecule has 1 aliphatic heterocycles. The van der Waals surface area contributed by atoms with Crippen LogP contribution in [0.4, 0.5) is 10.5 Å². The molecule has 1 N–H and O–H groups in total. The number of ether oxygens (including phenoxy) is 2. The van der Waals surface area contributed by atoms with Crippen LogP contribution >= 0.6 is 0 Å². The number of hydrogen-bond acceptors (Lipinski definition) is 4. The van der Waals surface area contributed by atoms with E-state index >= 15 is 0 Å². The zero-order valence-electron chi connectivity index (χ0n) is 12.7. The Morgan fingerprint density at radius 2 is 1.95 bits per heavy atom. The zero-order chi connectivity index (χ0) is 15.4. The highest BCUT2D eigenvalue weighted by Crippen LogP contribution is 2.40. The lowest BCUT2D eigenvalue weighted by Crippen LogP contribution is -2.20. The van der Waals surface area contributed by atoms with Crippen molar-refractivity contribution in [2.75, 3.05) is 24.6 Å². The maximum atomic E-state index is 11.6. The largest absolute Gasteiger partial charge is 0.515 e. The fourth-order valence-electron chi connectivity index (χ4n) is 2.80. The molecule has 1 aromatic carbocycles. The molecule has 1 saturated heterocycles. The van der Waals surface area contributed by atoms with Gasteiger partial charge in [0.25, 0.3) is 0 Å². The summed E-state index contributed by atoms with van der Waals surface area (Å²) in [5, 5.41) is 0. The molecule has 5 nitrogen and oxygen atoms in total. The van der Waals surface area contributed by atoms with Gasteiger partial charge in [-0.05, 0) is 25.3 Å². The summed E-state index contributed by atoms with van der Waals surface area (Å²) >= 11 is 0. The van der Waals surface area contributed by atoms with E-state index < -0.39 is 6.16 Å². The van der Waals surface area contributed by atoms with Gasteiger partial charge in [0, 0.05) is 24.8 Å². The first kappa shape index (κ1) is 14.5. The van der Waals surface area contributed by atoms with Crippen molar-refractivity contribution in [3.8, 4) is 17.0 Å². The number of hydrogen-bond donors (Lipinski definition) is 1. The number of benzene rings is 1. The summed E-state index contributed by atoms with van der Waals surface area (Å²) < 4.78 is 10.2. The van der Waals surface area contributed by atoms with Crippen LogP contribution in [0.25, 0.3) is 11.1 Å². The second-order valence-electron chi connectivity index (χ2n) is 5.23. The monoisotopic (exact) mass is 300 g/mol. The molecule has 0 amide bonds. The van der Waals surface area contributed by atoms with Crippen molar-refractivity contribution in [2.24, 2.45) is 0 Å². The van der Waals surface area contributed by atoms with E-state index in [1.807, 2.05) is 24.4 Å². The topological polar surface area (TPSA) is 54.6 Å². The Balaban J connectivity index is 1.96. The van der Waals surface area contributed by atoms with Gasteiger partial charge in [-0.1, -0.05) is 30.3 Å². The second kappa shape index (κ2) is 6.56. The maximum absolute atomic E-state index is 11.6. The van der Waals surface area contributed by atoms with Gasteiger partial charge in [-0.25, -0.2) is 4.79 Å². The quantitative estimate of drug-likeness (QED) is 0.872. The average molecular weight is 300 g/mol. The minimum Gasteiger partial charge on any atom is -0.434 e. The predicted octanol–water partition coefficient (Wildman–Crippen LogP) is 3.82. The smallest absolute Gasteiger partial charge is 0.434 e. The van der Waals surface area contributed by atoms with Crippen LogP contribution < -0.4 is 9.64 Å². The molecule has 22 heavy (non-hydrogen) atoms. The van der Waals surface area contributed by atoms with E-state index in [9.17, 15) is 4.79 Å². The molecule has 0 spiro atoms. The first-order valence-corrected chi connectivity index (χ1v) is 7.66. The highest BCUT2D eigenvalue weighted by Gasteiger charge is 2.24. The molecule has 1 fully saturated rings. The first-order chi connectivity index (χ1) is 10.8. The Bertz CT molecular complexity index is 631. The molecule has 0 radical (unpaired) electrons. The van der Waals surface area contributed by atoms with Crippen molar-refractivity contribution in [2.45, 2.75) is 19.8 Å². The van der Waals surface area contributed by atoms with Crippen LogP contribution in [-0.2, 0) is 4.74 Å². The number of nitrogens with one attached hydrogen (secondary N) is 1. The SMILES string of the molecule is CCOC(=O)Oc1[nH]cc(-c2ccccc2)c1N1CCCC1. The summed E-state index contributed by atoms with van der Waals surface area (Å²) in [5.41, 5.74) is 3.08. The Morgan fingerprint density at radius 1 is 1.23 bits per heavy atom. The summed E-state index contributed by atoms with van der Waals surface area (Å²) in [6.45, 7) is 3.99. The number of rotatable bonds is 4. The summed E-state index contributed by atoms with van der Waals surface area (Å²) in [6, 6.07) is 10.1. The molecule has 5 heteroatoms. The maximum Gasteiger partial charge on any atom is 0.515 e. The summed E-state index contributed by atoms with van der Waals surface area (Å²) in [7, 11) is 0. The first-order valence-electron chi connectivity index (χ1n) is 7.66. The standard InChI is InChI=1S/C17H20N2O3/c1-2-21-17(20)22-16-15(19-10-6-7-11-19)14(12-18-16)13-8-4-3-5-9-13/h3-5,8-9,12,18H,2,6-7,10-11H2,1H3. The molecule has 1 aliphatic rings. The number of carbonyl (C=O) groups excluding carboxylic acids is 1. The van der Waals surface area contributed by atoms with E-state index in [0.29, 0.717) is 12.5 Å². The zero-order valence-corrected chi connectivity index (χ0v) is 12.7. The molecule has 0 unspecified atom stereocenters. The summed E-state index contributed by atoms with van der Waals surface area (Å²) in [4.78, 5) is 17.0. The number of aromatic amines is 1. The molecule has 0 atom stereocenters. The Labute approximate surface area is 129 Å². The lowest BCUT2D eigenvalue weighted by atomic mass is 10.1. The van der Waals surface area contributed by atoms with Crippen molar-refractivity contribution >= 4 is 11.8 Å². The molecular weight excluding hydrogens is 280 g/mol. The fraction of sp³-hybridized carbons (Fsp3) is 0.353. The van der Waals surface area contributed by atoms with Gasteiger partial charge in [0.1, 0.15) is 5.69 Å². The molecular formula is C17H20N2O3. The van der Waals surface area contributed by atoms with Gasteiger partial charge < -0.3 is 19.4 Å². The number of H-pyrrole nitrogens is 1. The van der Waals surface area contributed by atoms with Crippen molar-refractivity contribution in [3.05, 3.63) is 36.5 Å². The summed E-state index contributed by atoms with van der Waals surface area (Å²) in [5.74, 6) is 0.458. The van der Waals surface area contributed by atoms with E-state index in [1.54, 1.807) is 6.92 Å². The van der Waals surface area contributed by atoms with Gasteiger partial charge in [-0.15, -0.1) is 0 Å². The lowest BCUT2D eigenvalue weighted by Gasteiger charge is -2.19. The Morgan fingerprint density at radius 3 is 2.64 bits per heavy atom. The van der Waals surface area contributed by atoms with Gasteiger partial charge in [0.05, 0.1) is 6.61 Å². The fourth-order valence-corrected chi connectivity index (χ4v) is 2.80. The van der Waals surface area contributed by atoms with Crippen LogP contribution in [-0.4, -0.2) is 30.8 Å². The minimum atomic E-state index is -0.676. The number of aromatic nitrogens is 1. The molecule has 3 rings (SSSR count). The van der Waals surface area contributed by atoms with Gasteiger partial charge in [-0.2, -0.15) is 0 Å². The van der Waals surface area contributed by atoms with E-state index in [1.165, 1.54) is 0 Å².